The Morgan fingerprint density at radius 2 is 1.80 bits per heavy atom. The summed E-state index contributed by atoms with van der Waals surface area (Å²) >= 11 is 0. The van der Waals surface area contributed by atoms with E-state index in [1.807, 2.05) is 27.7 Å². The fraction of sp³-hybridized carbons (Fsp3) is 0.414. The summed E-state index contributed by atoms with van der Waals surface area (Å²) < 4.78 is 38.4. The van der Waals surface area contributed by atoms with E-state index in [9.17, 15) is 23.1 Å². The molecule has 1 saturated heterocycles. The van der Waals surface area contributed by atoms with Gasteiger partial charge in [-0.2, -0.15) is 5.26 Å². The smallest absolute Gasteiger partial charge is 0.410 e. The highest BCUT2D eigenvalue weighted by atomic mass is 32.2. The van der Waals surface area contributed by atoms with Crippen LogP contribution in [0.1, 0.15) is 50.3 Å². The SMILES string of the molecule is Cc1ccc(C#N)cc1C=CCN(c1ccc(OC2CCN(C(=O)OC(C)(C)C)CC2)cc1)S(=O)(=O)CC(=O)O. The minimum Gasteiger partial charge on any atom is -0.490 e. The van der Waals surface area contributed by atoms with Crippen molar-refractivity contribution in [3.05, 3.63) is 65.2 Å². The van der Waals surface area contributed by atoms with Gasteiger partial charge in [0, 0.05) is 25.9 Å². The first-order valence-electron chi connectivity index (χ1n) is 12.9. The van der Waals surface area contributed by atoms with Gasteiger partial charge >= 0.3 is 12.1 Å². The standard InChI is InChI=1S/C29H35N3O7S/c1-21-7-8-22(19-30)18-23(21)6-5-15-32(40(36,37)20-27(33)34)24-9-11-25(12-10-24)38-26-13-16-31(17-14-26)28(35)39-29(2,3)4/h5-12,18,26H,13-17,20H2,1-4H3,(H,33,34). The van der Waals surface area contributed by atoms with Crippen LogP contribution in [-0.2, 0) is 19.6 Å². The van der Waals surface area contributed by atoms with Crippen LogP contribution in [0.15, 0.2) is 48.5 Å². The number of piperidine rings is 1. The Bertz CT molecular complexity index is 1380. The number of carbonyl (C=O) groups is 2. The Hall–Kier alpha value is -4.04. The number of aryl methyl sites for hydroxylation is 1. The van der Waals surface area contributed by atoms with E-state index in [4.69, 9.17) is 14.7 Å². The second kappa shape index (κ2) is 12.9. The number of sulfonamides is 1. The number of nitrogens with zero attached hydrogens (tertiary/aromatic N) is 3. The van der Waals surface area contributed by atoms with Crippen LogP contribution in [0.2, 0.25) is 0 Å². The van der Waals surface area contributed by atoms with E-state index in [2.05, 4.69) is 6.07 Å². The van der Waals surface area contributed by atoms with Crippen LogP contribution in [0, 0.1) is 18.3 Å². The summed E-state index contributed by atoms with van der Waals surface area (Å²) in [6, 6.07) is 13.7. The number of hydrogen-bond acceptors (Lipinski definition) is 7. The summed E-state index contributed by atoms with van der Waals surface area (Å²) in [5, 5.41) is 18.3. The van der Waals surface area contributed by atoms with Crippen molar-refractivity contribution in [2.24, 2.45) is 0 Å². The van der Waals surface area contributed by atoms with Crippen LogP contribution in [0.5, 0.6) is 5.75 Å². The molecule has 0 saturated carbocycles. The van der Waals surface area contributed by atoms with Gasteiger partial charge in [0.15, 0.2) is 5.75 Å². The molecule has 0 unspecified atom stereocenters. The number of anilines is 1. The maximum atomic E-state index is 12.9. The van der Waals surface area contributed by atoms with Crippen molar-refractivity contribution >= 4 is 33.8 Å². The van der Waals surface area contributed by atoms with Crippen LogP contribution >= 0.6 is 0 Å². The first-order chi connectivity index (χ1) is 18.8. The van der Waals surface area contributed by atoms with Gasteiger partial charge in [-0.15, -0.1) is 0 Å². The van der Waals surface area contributed by atoms with Crippen molar-refractivity contribution in [3.8, 4) is 11.8 Å². The van der Waals surface area contributed by atoms with Crippen molar-refractivity contribution in [3.63, 3.8) is 0 Å². The molecule has 2 aromatic rings. The Morgan fingerprint density at radius 3 is 2.38 bits per heavy atom. The number of carbonyl (C=O) groups excluding carboxylic acids is 1. The molecule has 214 valence electrons. The number of benzene rings is 2. The molecule has 10 nitrogen and oxygen atoms in total. The number of aliphatic carboxylic acids is 1. The predicted molar refractivity (Wildman–Crippen MR) is 152 cm³/mol. The van der Waals surface area contributed by atoms with Gasteiger partial charge in [-0.05, 0) is 75.2 Å². The summed E-state index contributed by atoms with van der Waals surface area (Å²) in [5.41, 5.74) is 1.88. The van der Waals surface area contributed by atoms with Crippen LogP contribution in [0.3, 0.4) is 0 Å². The average Bonchev–Trinajstić information content (AvgIpc) is 2.87. The number of carboxylic acids is 1. The van der Waals surface area contributed by atoms with E-state index in [0.29, 0.717) is 42.9 Å². The largest absolute Gasteiger partial charge is 0.490 e. The van der Waals surface area contributed by atoms with E-state index in [1.54, 1.807) is 59.5 Å². The monoisotopic (exact) mass is 569 g/mol. The topological polar surface area (TPSA) is 137 Å². The molecule has 1 amide bonds. The van der Waals surface area contributed by atoms with Crippen LogP contribution < -0.4 is 9.04 Å². The zero-order chi connectivity index (χ0) is 29.5. The molecule has 11 heteroatoms. The fourth-order valence-corrected chi connectivity index (χ4v) is 5.37. The van der Waals surface area contributed by atoms with Crippen molar-refractivity contribution in [2.45, 2.75) is 52.2 Å². The number of carboxylic acid groups (broad SMARTS) is 1. The third-order valence-electron chi connectivity index (χ3n) is 6.14. The Morgan fingerprint density at radius 1 is 1.15 bits per heavy atom. The normalized spacial score (nSPS) is 14.5. The quantitative estimate of drug-likeness (QED) is 0.463. The maximum Gasteiger partial charge on any atom is 0.410 e. The molecule has 0 atom stereocenters. The second-order valence-electron chi connectivity index (χ2n) is 10.5. The van der Waals surface area contributed by atoms with Gasteiger partial charge in [0.25, 0.3) is 0 Å². The maximum absolute atomic E-state index is 12.9. The minimum absolute atomic E-state index is 0.102. The Balaban J connectivity index is 1.69. The van der Waals surface area contributed by atoms with Crippen molar-refractivity contribution in [1.29, 1.82) is 5.26 Å². The van der Waals surface area contributed by atoms with Gasteiger partial charge in [-0.3, -0.25) is 9.10 Å². The third kappa shape index (κ3) is 8.74. The van der Waals surface area contributed by atoms with Gasteiger partial charge in [-0.25, -0.2) is 13.2 Å². The lowest BCUT2D eigenvalue weighted by Gasteiger charge is -2.33. The number of nitriles is 1. The van der Waals surface area contributed by atoms with Crippen molar-refractivity contribution < 1.29 is 32.6 Å². The minimum atomic E-state index is -4.18. The van der Waals surface area contributed by atoms with Gasteiger partial charge in [0.1, 0.15) is 17.5 Å². The van der Waals surface area contributed by atoms with E-state index in [1.165, 1.54) is 0 Å². The van der Waals surface area contributed by atoms with Crippen LogP contribution in [0.4, 0.5) is 10.5 Å². The zero-order valence-electron chi connectivity index (χ0n) is 23.2. The predicted octanol–water partition coefficient (Wildman–Crippen LogP) is 4.58. The number of likely N-dealkylation sites (tertiary alicyclic amines) is 1. The van der Waals surface area contributed by atoms with Crippen LogP contribution in [0.25, 0.3) is 6.08 Å². The number of hydrogen-bond donors (Lipinski definition) is 1. The molecule has 1 fully saturated rings. The molecule has 1 aliphatic rings. The highest BCUT2D eigenvalue weighted by molar-refractivity contribution is 7.93. The lowest BCUT2D eigenvalue weighted by molar-refractivity contribution is -0.134. The lowest BCUT2D eigenvalue weighted by Crippen LogP contribution is -2.44. The Labute approximate surface area is 235 Å². The van der Waals surface area contributed by atoms with E-state index < -0.39 is 27.3 Å². The molecule has 0 aliphatic carbocycles. The Kier molecular flexibility index (Phi) is 9.82. The lowest BCUT2D eigenvalue weighted by atomic mass is 10.1. The molecular weight excluding hydrogens is 534 g/mol. The highest BCUT2D eigenvalue weighted by Crippen LogP contribution is 2.26. The highest BCUT2D eigenvalue weighted by Gasteiger charge is 2.28. The van der Waals surface area contributed by atoms with Gasteiger partial charge in [0.05, 0.1) is 23.9 Å². The average molecular weight is 570 g/mol. The molecule has 2 aromatic carbocycles. The summed E-state index contributed by atoms with van der Waals surface area (Å²) in [5.74, 6) is -1.98. The molecule has 1 aliphatic heterocycles. The van der Waals surface area contributed by atoms with Gasteiger partial charge in [0.2, 0.25) is 10.0 Å². The van der Waals surface area contributed by atoms with Crippen LogP contribution in [-0.4, -0.2) is 67.6 Å². The molecule has 0 aromatic heterocycles. The molecular formula is C29H35N3O7S. The summed E-state index contributed by atoms with van der Waals surface area (Å²) in [6.07, 6.45) is 4.10. The molecule has 40 heavy (non-hydrogen) atoms. The molecule has 1 heterocycles. The van der Waals surface area contributed by atoms with E-state index >= 15 is 0 Å². The second-order valence-corrected chi connectivity index (χ2v) is 12.4. The van der Waals surface area contributed by atoms with Gasteiger partial charge in [-0.1, -0.05) is 18.2 Å². The van der Waals surface area contributed by atoms with Crippen molar-refractivity contribution in [1.82, 2.24) is 4.90 Å². The number of rotatable bonds is 9. The first-order valence-corrected chi connectivity index (χ1v) is 14.5. The van der Waals surface area contributed by atoms with E-state index in [0.717, 1.165) is 15.4 Å². The van der Waals surface area contributed by atoms with E-state index in [-0.39, 0.29) is 18.7 Å². The molecule has 1 N–H and O–H groups in total. The number of amides is 1. The summed E-state index contributed by atoms with van der Waals surface area (Å²) in [6.45, 7) is 8.25. The molecule has 0 radical (unpaired) electrons. The molecule has 0 spiro atoms. The summed E-state index contributed by atoms with van der Waals surface area (Å²) in [4.78, 5) is 25.2. The summed E-state index contributed by atoms with van der Waals surface area (Å²) in [7, 11) is -4.18. The molecule has 3 rings (SSSR count). The van der Waals surface area contributed by atoms with Gasteiger partial charge < -0.3 is 19.5 Å². The third-order valence-corrected chi connectivity index (χ3v) is 7.78. The molecule has 0 bridgehead atoms. The first kappa shape index (κ1) is 30.5. The van der Waals surface area contributed by atoms with Crippen molar-refractivity contribution in [2.75, 3.05) is 29.7 Å². The zero-order valence-corrected chi connectivity index (χ0v) is 24.0. The fourth-order valence-electron chi connectivity index (χ4n) is 4.14. The number of ether oxygens (including phenoxy) is 2.